The van der Waals surface area contributed by atoms with Crippen molar-refractivity contribution in [2.45, 2.75) is 38.7 Å². The third-order valence-electron chi connectivity index (χ3n) is 4.01. The topological polar surface area (TPSA) is 102 Å². The Morgan fingerprint density at radius 2 is 1.82 bits per heavy atom. The molecule has 0 saturated heterocycles. The normalized spacial score (nSPS) is 12.1. The molecule has 2 rings (SSSR count). The molecule has 0 aliphatic carbocycles. The molecular formula is C20H24N2O5S. The van der Waals surface area contributed by atoms with Crippen molar-refractivity contribution in [3.8, 4) is 0 Å². The van der Waals surface area contributed by atoms with E-state index in [0.29, 0.717) is 12.2 Å². The summed E-state index contributed by atoms with van der Waals surface area (Å²) >= 11 is 0. The molecule has 0 aliphatic rings. The van der Waals surface area contributed by atoms with Crippen LogP contribution in [0.15, 0.2) is 47.4 Å². The van der Waals surface area contributed by atoms with E-state index in [9.17, 15) is 18.0 Å². The second kappa shape index (κ2) is 8.88. The summed E-state index contributed by atoms with van der Waals surface area (Å²) in [5.74, 6) is -1.20. The average Bonchev–Trinajstić information content (AvgIpc) is 2.64. The molecule has 0 radical (unpaired) electrons. The Bertz CT molecular complexity index is 986. The molecule has 1 amide bonds. The fourth-order valence-corrected chi connectivity index (χ4v) is 3.70. The van der Waals surface area contributed by atoms with Gasteiger partial charge >= 0.3 is 5.97 Å². The van der Waals surface area contributed by atoms with Gasteiger partial charge < -0.3 is 10.1 Å². The number of likely N-dealkylation sites (N-methyl/N-ethyl adjacent to an activating group) is 1. The zero-order valence-corrected chi connectivity index (χ0v) is 17.1. The SMILES string of the molecule is CCNC(=O)[C@H](C)OC(=O)c1cccc(S(=O)(=O)Nc2ccc(C)cc2C)c1. The number of anilines is 1. The fraction of sp³-hybridized carbons (Fsp3) is 0.300. The van der Waals surface area contributed by atoms with Gasteiger partial charge in [0.05, 0.1) is 16.1 Å². The first-order valence-corrected chi connectivity index (χ1v) is 10.3. The van der Waals surface area contributed by atoms with Gasteiger partial charge in [0.1, 0.15) is 0 Å². The lowest BCUT2D eigenvalue weighted by molar-refractivity contribution is -0.128. The smallest absolute Gasteiger partial charge is 0.338 e. The average molecular weight is 404 g/mol. The highest BCUT2D eigenvalue weighted by Crippen LogP contribution is 2.21. The second-order valence-electron chi connectivity index (χ2n) is 6.39. The first kappa shape index (κ1) is 21.4. The molecule has 0 fully saturated rings. The van der Waals surface area contributed by atoms with Crippen molar-refractivity contribution in [3.05, 3.63) is 59.2 Å². The minimum atomic E-state index is -3.90. The Balaban J connectivity index is 2.21. The van der Waals surface area contributed by atoms with Crippen LogP contribution in [0.25, 0.3) is 0 Å². The number of nitrogens with one attached hydrogen (secondary N) is 2. The first-order valence-electron chi connectivity index (χ1n) is 8.83. The Morgan fingerprint density at radius 1 is 1.11 bits per heavy atom. The number of hydrogen-bond donors (Lipinski definition) is 2. The van der Waals surface area contributed by atoms with E-state index in [4.69, 9.17) is 4.74 Å². The van der Waals surface area contributed by atoms with E-state index in [1.54, 1.807) is 26.0 Å². The van der Waals surface area contributed by atoms with Crippen LogP contribution in [0.5, 0.6) is 0 Å². The zero-order valence-electron chi connectivity index (χ0n) is 16.3. The molecule has 2 N–H and O–H groups in total. The molecule has 0 spiro atoms. The van der Waals surface area contributed by atoms with Crippen LogP contribution in [0.3, 0.4) is 0 Å². The Kier molecular flexibility index (Phi) is 6.80. The molecule has 1 atom stereocenters. The van der Waals surface area contributed by atoms with Crippen LogP contribution in [0, 0.1) is 13.8 Å². The van der Waals surface area contributed by atoms with E-state index in [0.717, 1.165) is 11.1 Å². The highest BCUT2D eigenvalue weighted by atomic mass is 32.2. The summed E-state index contributed by atoms with van der Waals surface area (Å²) in [6.45, 7) is 7.34. The number of aryl methyl sites for hydroxylation is 2. The molecule has 0 aliphatic heterocycles. The summed E-state index contributed by atoms with van der Waals surface area (Å²) < 4.78 is 33.0. The number of carbonyl (C=O) groups excluding carboxylic acids is 2. The number of carbonyl (C=O) groups is 2. The summed E-state index contributed by atoms with van der Waals surface area (Å²) in [4.78, 5) is 23.9. The van der Waals surface area contributed by atoms with Gasteiger partial charge in [-0.1, -0.05) is 23.8 Å². The lowest BCUT2D eigenvalue weighted by atomic mass is 10.1. The Hall–Kier alpha value is -2.87. The van der Waals surface area contributed by atoms with Crippen LogP contribution in [0.2, 0.25) is 0 Å². The third kappa shape index (κ3) is 5.32. The minimum absolute atomic E-state index is 0.0413. The predicted molar refractivity (Wildman–Crippen MR) is 107 cm³/mol. The lowest BCUT2D eigenvalue weighted by Crippen LogP contribution is -2.35. The fourth-order valence-electron chi connectivity index (χ4n) is 2.52. The van der Waals surface area contributed by atoms with Gasteiger partial charge in [-0.15, -0.1) is 0 Å². The zero-order chi connectivity index (χ0) is 20.9. The summed E-state index contributed by atoms with van der Waals surface area (Å²) in [5, 5.41) is 2.55. The number of hydrogen-bond acceptors (Lipinski definition) is 5. The van der Waals surface area contributed by atoms with E-state index < -0.39 is 28.0 Å². The van der Waals surface area contributed by atoms with Crippen LogP contribution >= 0.6 is 0 Å². The Morgan fingerprint density at radius 3 is 2.46 bits per heavy atom. The van der Waals surface area contributed by atoms with Gasteiger partial charge in [-0.3, -0.25) is 9.52 Å². The summed E-state index contributed by atoms with van der Waals surface area (Å²) in [6, 6.07) is 10.9. The van der Waals surface area contributed by atoms with Crippen molar-refractivity contribution in [1.82, 2.24) is 5.32 Å². The van der Waals surface area contributed by atoms with E-state index in [1.807, 2.05) is 13.0 Å². The molecule has 0 unspecified atom stereocenters. The van der Waals surface area contributed by atoms with Crippen molar-refractivity contribution in [1.29, 1.82) is 0 Å². The van der Waals surface area contributed by atoms with E-state index in [1.165, 1.54) is 31.2 Å². The van der Waals surface area contributed by atoms with Crippen molar-refractivity contribution in [2.75, 3.05) is 11.3 Å². The highest BCUT2D eigenvalue weighted by Gasteiger charge is 2.21. The molecule has 0 bridgehead atoms. The summed E-state index contributed by atoms with van der Waals surface area (Å²) in [6.07, 6.45) is -0.985. The standard InChI is InChI=1S/C20H24N2O5S/c1-5-21-19(23)15(4)27-20(24)16-7-6-8-17(12-16)28(25,26)22-18-10-9-13(2)11-14(18)3/h6-12,15,22H,5H2,1-4H3,(H,21,23)/t15-/m0/s1. The maximum atomic E-state index is 12.7. The molecule has 0 aromatic heterocycles. The maximum absolute atomic E-state index is 12.7. The summed E-state index contributed by atoms with van der Waals surface area (Å²) in [5.41, 5.74) is 2.31. The largest absolute Gasteiger partial charge is 0.449 e. The van der Waals surface area contributed by atoms with Crippen molar-refractivity contribution in [2.24, 2.45) is 0 Å². The van der Waals surface area contributed by atoms with Gasteiger partial charge in [-0.05, 0) is 57.5 Å². The van der Waals surface area contributed by atoms with Gasteiger partial charge in [0.2, 0.25) is 0 Å². The minimum Gasteiger partial charge on any atom is -0.449 e. The van der Waals surface area contributed by atoms with Crippen molar-refractivity contribution in [3.63, 3.8) is 0 Å². The molecule has 2 aromatic rings. The Labute approximate surface area is 165 Å². The molecule has 0 heterocycles. The van der Waals surface area contributed by atoms with Gasteiger partial charge in [-0.2, -0.15) is 0 Å². The second-order valence-corrected chi connectivity index (χ2v) is 8.08. The number of amides is 1. The molecular weight excluding hydrogens is 380 g/mol. The predicted octanol–water partition coefficient (Wildman–Crippen LogP) is 2.79. The van der Waals surface area contributed by atoms with E-state index >= 15 is 0 Å². The van der Waals surface area contributed by atoms with Crippen LogP contribution in [-0.4, -0.2) is 32.9 Å². The first-order chi connectivity index (χ1) is 13.1. The lowest BCUT2D eigenvalue weighted by Gasteiger charge is -2.14. The molecule has 28 heavy (non-hydrogen) atoms. The van der Waals surface area contributed by atoms with Crippen LogP contribution in [-0.2, 0) is 19.6 Å². The number of rotatable bonds is 7. The number of esters is 1. The van der Waals surface area contributed by atoms with Crippen LogP contribution in [0.1, 0.15) is 35.3 Å². The quantitative estimate of drug-likeness (QED) is 0.691. The van der Waals surface area contributed by atoms with Crippen molar-refractivity contribution >= 4 is 27.6 Å². The van der Waals surface area contributed by atoms with Crippen LogP contribution < -0.4 is 10.0 Å². The van der Waals surface area contributed by atoms with E-state index in [2.05, 4.69) is 10.0 Å². The summed E-state index contributed by atoms with van der Waals surface area (Å²) in [7, 11) is -3.90. The molecule has 2 aromatic carbocycles. The highest BCUT2D eigenvalue weighted by molar-refractivity contribution is 7.92. The van der Waals surface area contributed by atoms with Gasteiger partial charge in [0.25, 0.3) is 15.9 Å². The van der Waals surface area contributed by atoms with Crippen LogP contribution in [0.4, 0.5) is 5.69 Å². The molecule has 150 valence electrons. The number of benzene rings is 2. The van der Waals surface area contributed by atoms with Crippen molar-refractivity contribution < 1.29 is 22.7 Å². The molecule has 0 saturated carbocycles. The number of sulfonamides is 1. The van der Waals surface area contributed by atoms with Gasteiger partial charge in [0, 0.05) is 6.54 Å². The monoisotopic (exact) mass is 404 g/mol. The van der Waals surface area contributed by atoms with Gasteiger partial charge in [0.15, 0.2) is 6.10 Å². The number of ether oxygens (including phenoxy) is 1. The van der Waals surface area contributed by atoms with E-state index in [-0.39, 0.29) is 10.5 Å². The maximum Gasteiger partial charge on any atom is 0.338 e. The third-order valence-corrected chi connectivity index (χ3v) is 5.37. The molecule has 8 heteroatoms. The van der Waals surface area contributed by atoms with Gasteiger partial charge in [-0.25, -0.2) is 13.2 Å². The molecule has 7 nitrogen and oxygen atoms in total.